The Labute approximate surface area is 77.7 Å². The van der Waals surface area contributed by atoms with Crippen LogP contribution in [0.2, 0.25) is 0 Å². The van der Waals surface area contributed by atoms with Crippen LogP contribution in [0.15, 0.2) is 12.1 Å². The van der Waals surface area contributed by atoms with Crippen LogP contribution < -0.4 is 0 Å². The molecule has 0 amide bonds. The van der Waals surface area contributed by atoms with Gasteiger partial charge in [-0.05, 0) is 18.6 Å². The van der Waals surface area contributed by atoms with Gasteiger partial charge in [-0.25, -0.2) is 13.2 Å². The molecule has 2 rings (SSSR count). The Morgan fingerprint density at radius 3 is 2.71 bits per heavy atom. The quantitative estimate of drug-likeness (QED) is 0.753. The fourth-order valence-electron chi connectivity index (χ4n) is 1.40. The third-order valence-corrected chi connectivity index (χ3v) is 2.10. The molecule has 0 saturated carbocycles. The highest BCUT2D eigenvalue weighted by atomic mass is 19.3. The second-order valence-electron chi connectivity index (χ2n) is 3.03. The van der Waals surface area contributed by atoms with Crippen LogP contribution in [-0.4, -0.2) is 10.2 Å². The lowest BCUT2D eigenvalue weighted by Crippen LogP contribution is -1.87. The second-order valence-corrected chi connectivity index (χ2v) is 3.03. The van der Waals surface area contributed by atoms with Crippen molar-refractivity contribution in [2.24, 2.45) is 0 Å². The molecule has 2 aromatic rings. The summed E-state index contributed by atoms with van der Waals surface area (Å²) < 4.78 is 38.0. The molecule has 5 heteroatoms. The van der Waals surface area contributed by atoms with Crippen LogP contribution in [0.25, 0.3) is 10.9 Å². The standard InChI is InChI=1S/C9H7F3N2/c1-4-2-3-5(10)6-7(4)13-14-8(6)9(11)12/h2-3,9H,1H3,(H,13,14). The zero-order valence-electron chi connectivity index (χ0n) is 7.31. The highest BCUT2D eigenvalue weighted by Gasteiger charge is 2.18. The van der Waals surface area contributed by atoms with Gasteiger partial charge in [0.25, 0.3) is 6.43 Å². The number of nitrogens with zero attached hydrogens (tertiary/aromatic N) is 1. The smallest absolute Gasteiger partial charge is 0.275 e. The largest absolute Gasteiger partial charge is 0.280 e. The first-order valence-corrected chi connectivity index (χ1v) is 4.02. The molecule has 1 aromatic heterocycles. The van der Waals surface area contributed by atoms with Gasteiger partial charge in [-0.3, -0.25) is 5.10 Å². The van der Waals surface area contributed by atoms with E-state index in [1.165, 1.54) is 12.1 Å². The van der Waals surface area contributed by atoms with Crippen LogP contribution in [-0.2, 0) is 0 Å². The number of hydrogen-bond donors (Lipinski definition) is 1. The SMILES string of the molecule is Cc1ccc(F)c2c(C(F)F)[nH]nc12. The van der Waals surface area contributed by atoms with Crippen molar-refractivity contribution >= 4 is 10.9 Å². The van der Waals surface area contributed by atoms with Gasteiger partial charge >= 0.3 is 0 Å². The van der Waals surface area contributed by atoms with Gasteiger partial charge in [-0.15, -0.1) is 0 Å². The molecule has 0 bridgehead atoms. The van der Waals surface area contributed by atoms with E-state index in [1.807, 2.05) is 0 Å². The molecule has 0 radical (unpaired) electrons. The summed E-state index contributed by atoms with van der Waals surface area (Å²) in [6, 6.07) is 2.67. The Morgan fingerprint density at radius 2 is 2.07 bits per heavy atom. The molecule has 0 fully saturated rings. The number of halogens is 3. The fourth-order valence-corrected chi connectivity index (χ4v) is 1.40. The van der Waals surface area contributed by atoms with E-state index in [0.717, 1.165) is 0 Å². The summed E-state index contributed by atoms with van der Waals surface area (Å²) in [4.78, 5) is 0. The van der Waals surface area contributed by atoms with Crippen LogP contribution >= 0.6 is 0 Å². The van der Waals surface area contributed by atoms with Crippen LogP contribution in [0.1, 0.15) is 17.7 Å². The van der Waals surface area contributed by atoms with Crippen molar-refractivity contribution in [2.45, 2.75) is 13.3 Å². The zero-order chi connectivity index (χ0) is 10.3. The predicted molar refractivity (Wildman–Crippen MR) is 45.7 cm³/mol. The second kappa shape index (κ2) is 3.01. The van der Waals surface area contributed by atoms with E-state index in [4.69, 9.17) is 0 Å². The van der Waals surface area contributed by atoms with E-state index in [-0.39, 0.29) is 10.9 Å². The number of aromatic amines is 1. The Hall–Kier alpha value is -1.52. The molecule has 0 atom stereocenters. The van der Waals surface area contributed by atoms with E-state index in [0.29, 0.717) is 5.56 Å². The number of aromatic nitrogens is 2. The number of alkyl halides is 2. The molecule has 1 heterocycles. The maximum atomic E-state index is 13.2. The van der Waals surface area contributed by atoms with Crippen molar-refractivity contribution in [3.05, 3.63) is 29.2 Å². The Kier molecular flexibility index (Phi) is 1.94. The minimum atomic E-state index is -2.74. The number of nitrogens with one attached hydrogen (secondary N) is 1. The summed E-state index contributed by atoms with van der Waals surface area (Å²) in [6.45, 7) is 1.69. The molecule has 1 N–H and O–H groups in total. The van der Waals surface area contributed by atoms with Gasteiger partial charge in [0.05, 0.1) is 10.9 Å². The van der Waals surface area contributed by atoms with E-state index in [9.17, 15) is 13.2 Å². The Balaban J connectivity index is 2.84. The molecule has 0 aliphatic carbocycles. The fraction of sp³-hybridized carbons (Fsp3) is 0.222. The molecule has 0 spiro atoms. The lowest BCUT2D eigenvalue weighted by atomic mass is 10.1. The van der Waals surface area contributed by atoms with Crippen LogP contribution in [0, 0.1) is 12.7 Å². The molecule has 2 nitrogen and oxygen atoms in total. The number of aryl methyl sites for hydroxylation is 1. The Morgan fingerprint density at radius 1 is 1.36 bits per heavy atom. The molecule has 74 valence electrons. The van der Waals surface area contributed by atoms with Gasteiger partial charge in [0.1, 0.15) is 11.5 Å². The molecule has 1 aromatic carbocycles. The van der Waals surface area contributed by atoms with Crippen LogP contribution in [0.5, 0.6) is 0 Å². The van der Waals surface area contributed by atoms with Crippen molar-refractivity contribution in [2.75, 3.05) is 0 Å². The van der Waals surface area contributed by atoms with Crippen molar-refractivity contribution in [3.63, 3.8) is 0 Å². The molecular formula is C9H7F3N2. The summed E-state index contributed by atoms with van der Waals surface area (Å²) in [7, 11) is 0. The molecular weight excluding hydrogens is 193 g/mol. The summed E-state index contributed by atoms with van der Waals surface area (Å²) in [6.07, 6.45) is -2.74. The lowest BCUT2D eigenvalue weighted by molar-refractivity contribution is 0.147. The minimum Gasteiger partial charge on any atom is -0.275 e. The number of rotatable bonds is 1. The van der Waals surface area contributed by atoms with Gasteiger partial charge in [-0.2, -0.15) is 5.10 Å². The number of fused-ring (bicyclic) bond motifs is 1. The molecule has 0 saturated heterocycles. The topological polar surface area (TPSA) is 28.7 Å². The third kappa shape index (κ3) is 1.16. The van der Waals surface area contributed by atoms with Gasteiger partial charge in [-0.1, -0.05) is 6.07 Å². The van der Waals surface area contributed by atoms with Crippen molar-refractivity contribution < 1.29 is 13.2 Å². The normalized spacial score (nSPS) is 11.5. The first-order chi connectivity index (χ1) is 6.61. The Bertz CT molecular complexity index is 476. The predicted octanol–water partition coefficient (Wildman–Crippen LogP) is 2.95. The van der Waals surface area contributed by atoms with Crippen molar-refractivity contribution in [3.8, 4) is 0 Å². The van der Waals surface area contributed by atoms with E-state index >= 15 is 0 Å². The van der Waals surface area contributed by atoms with E-state index < -0.39 is 17.9 Å². The maximum Gasteiger partial charge on any atom is 0.280 e. The van der Waals surface area contributed by atoms with Crippen molar-refractivity contribution in [1.82, 2.24) is 10.2 Å². The summed E-state index contributed by atoms with van der Waals surface area (Å²) in [5, 5.41) is 5.70. The lowest BCUT2D eigenvalue weighted by Gasteiger charge is -1.98. The molecule has 0 aliphatic rings. The van der Waals surface area contributed by atoms with Crippen LogP contribution in [0.3, 0.4) is 0 Å². The van der Waals surface area contributed by atoms with Gasteiger partial charge in [0, 0.05) is 0 Å². The minimum absolute atomic E-state index is 0.111. The van der Waals surface area contributed by atoms with Crippen molar-refractivity contribution in [1.29, 1.82) is 0 Å². The average molecular weight is 200 g/mol. The highest BCUT2D eigenvalue weighted by molar-refractivity contribution is 5.84. The van der Waals surface area contributed by atoms with E-state index in [2.05, 4.69) is 10.2 Å². The summed E-state index contributed by atoms with van der Waals surface area (Å²) >= 11 is 0. The monoisotopic (exact) mass is 200 g/mol. The third-order valence-electron chi connectivity index (χ3n) is 2.10. The first kappa shape index (κ1) is 9.05. The number of hydrogen-bond acceptors (Lipinski definition) is 1. The molecule has 0 aliphatic heterocycles. The summed E-state index contributed by atoms with van der Waals surface area (Å²) in [5.41, 5.74) is 0.478. The molecule has 0 unspecified atom stereocenters. The first-order valence-electron chi connectivity index (χ1n) is 4.02. The highest BCUT2D eigenvalue weighted by Crippen LogP contribution is 2.28. The van der Waals surface area contributed by atoms with Crippen LogP contribution in [0.4, 0.5) is 13.2 Å². The summed E-state index contributed by atoms with van der Waals surface area (Å²) in [5.74, 6) is -0.672. The molecule has 14 heavy (non-hydrogen) atoms. The van der Waals surface area contributed by atoms with Gasteiger partial charge in [0.15, 0.2) is 0 Å². The zero-order valence-corrected chi connectivity index (χ0v) is 7.31. The van der Waals surface area contributed by atoms with E-state index in [1.54, 1.807) is 6.92 Å². The number of benzene rings is 1. The average Bonchev–Trinajstić information content (AvgIpc) is 2.56. The van der Waals surface area contributed by atoms with Gasteiger partial charge < -0.3 is 0 Å². The van der Waals surface area contributed by atoms with Gasteiger partial charge in [0.2, 0.25) is 0 Å². The number of H-pyrrole nitrogens is 1. The maximum absolute atomic E-state index is 13.2.